The van der Waals surface area contributed by atoms with Crippen molar-refractivity contribution >= 4 is 46.2 Å². The molecule has 14 heteroatoms. The van der Waals surface area contributed by atoms with Crippen molar-refractivity contribution in [3.8, 4) is 0 Å². The molecule has 0 unspecified atom stereocenters. The summed E-state index contributed by atoms with van der Waals surface area (Å²) in [5, 5.41) is 17.7. The molecular weight excluding hydrogens is 550 g/mol. The van der Waals surface area contributed by atoms with Crippen LogP contribution in [0.25, 0.3) is 10.8 Å². The molecule has 0 radical (unpaired) electrons. The van der Waals surface area contributed by atoms with Gasteiger partial charge in [0.2, 0.25) is 5.91 Å². The molecule has 4 amide bonds. The fourth-order valence-electron chi connectivity index (χ4n) is 3.60. The number of nitrogens with zero attached hydrogens (tertiary/aromatic N) is 2. The highest BCUT2D eigenvalue weighted by Gasteiger charge is 2.23. The van der Waals surface area contributed by atoms with E-state index in [4.69, 9.17) is 27.2 Å². The summed E-state index contributed by atoms with van der Waals surface area (Å²) < 4.78 is 32.6. The quantitative estimate of drug-likeness (QED) is 0.234. The normalized spacial score (nSPS) is 12.3. The Hall–Kier alpha value is -4.07. The summed E-state index contributed by atoms with van der Waals surface area (Å²) in [5.74, 6) is -1.53. The maximum absolute atomic E-state index is 13.7. The van der Waals surface area contributed by atoms with Gasteiger partial charge in [0.05, 0.1) is 17.7 Å². The van der Waals surface area contributed by atoms with E-state index in [1.54, 1.807) is 12.1 Å². The van der Waals surface area contributed by atoms with Gasteiger partial charge in [-0.15, -0.1) is 0 Å². The van der Waals surface area contributed by atoms with Gasteiger partial charge in [0.1, 0.15) is 30.1 Å². The number of halogens is 3. The number of likely N-dealkylation sites (N-methyl/N-ethyl adjacent to an activating group) is 1. The van der Waals surface area contributed by atoms with Gasteiger partial charge in [0.25, 0.3) is 0 Å². The molecule has 0 spiro atoms. The molecule has 3 rings (SSSR count). The first-order valence-electron chi connectivity index (χ1n) is 12.2. The summed E-state index contributed by atoms with van der Waals surface area (Å²) in [5.41, 5.74) is 5.86. The number of aromatic nitrogens is 1. The van der Waals surface area contributed by atoms with E-state index in [9.17, 15) is 23.2 Å². The van der Waals surface area contributed by atoms with Crippen LogP contribution in [-0.4, -0.2) is 71.9 Å². The van der Waals surface area contributed by atoms with Crippen LogP contribution in [0, 0.1) is 11.6 Å². The van der Waals surface area contributed by atoms with Crippen molar-refractivity contribution in [3.63, 3.8) is 0 Å². The number of benzene rings is 2. The topological polar surface area (TPSA) is 159 Å². The minimum atomic E-state index is -1.11. The number of carbonyl (C=O) groups is 3. The van der Waals surface area contributed by atoms with E-state index in [0.29, 0.717) is 16.3 Å². The standard InChI is InChI=1S/C26H29ClF2N6O5/c1-35(25(38)33-12-16-3-2-4-20(29)23(16)27)19(7-8-31-24(37)21(30)13-36)14-40-26(39)34-22-10-17-9-18(28)6-5-15(17)11-32-22/h2-6,9-11,19,21,36H,7-8,12-14,30H2,1H3,(H,31,37)(H,33,38)(H,32,34,39)/t19-,21+/m0/s1. The number of carbonyl (C=O) groups excluding carboxylic acids is 3. The van der Waals surface area contributed by atoms with Crippen LogP contribution in [0.15, 0.2) is 48.7 Å². The molecule has 0 aliphatic heterocycles. The van der Waals surface area contributed by atoms with Gasteiger partial charge in [-0.05, 0) is 47.7 Å². The second-order valence-electron chi connectivity index (χ2n) is 8.79. The number of fused-ring (bicyclic) bond motifs is 1. The van der Waals surface area contributed by atoms with Crippen molar-refractivity contribution in [2.24, 2.45) is 5.73 Å². The van der Waals surface area contributed by atoms with Crippen LogP contribution in [0.3, 0.4) is 0 Å². The first-order valence-corrected chi connectivity index (χ1v) is 12.5. The third-order valence-electron chi connectivity index (χ3n) is 5.96. The summed E-state index contributed by atoms with van der Waals surface area (Å²) in [6.45, 7) is -0.836. The van der Waals surface area contributed by atoms with Crippen molar-refractivity contribution in [1.82, 2.24) is 20.5 Å². The van der Waals surface area contributed by atoms with Crippen LogP contribution >= 0.6 is 11.6 Å². The minimum Gasteiger partial charge on any atom is -0.447 e. The summed E-state index contributed by atoms with van der Waals surface area (Å²) in [6.07, 6.45) is 0.741. The highest BCUT2D eigenvalue weighted by molar-refractivity contribution is 6.31. The summed E-state index contributed by atoms with van der Waals surface area (Å²) in [4.78, 5) is 42.6. The van der Waals surface area contributed by atoms with Gasteiger partial charge in [-0.2, -0.15) is 0 Å². The lowest BCUT2D eigenvalue weighted by Crippen LogP contribution is -2.48. The van der Waals surface area contributed by atoms with Crippen molar-refractivity contribution in [2.45, 2.75) is 25.0 Å². The first kappa shape index (κ1) is 30.5. The third kappa shape index (κ3) is 8.46. The summed E-state index contributed by atoms with van der Waals surface area (Å²) >= 11 is 5.95. The van der Waals surface area contributed by atoms with E-state index in [2.05, 4.69) is 20.9 Å². The lowest BCUT2D eigenvalue weighted by molar-refractivity contribution is -0.123. The number of hydrogen-bond acceptors (Lipinski definition) is 7. The van der Waals surface area contributed by atoms with Gasteiger partial charge >= 0.3 is 12.1 Å². The molecule has 40 heavy (non-hydrogen) atoms. The Morgan fingerprint density at radius 3 is 2.67 bits per heavy atom. The molecule has 0 aliphatic rings. The van der Waals surface area contributed by atoms with Crippen LogP contribution in [0.5, 0.6) is 0 Å². The fourth-order valence-corrected chi connectivity index (χ4v) is 3.80. The minimum absolute atomic E-state index is 0.0489. The molecule has 2 atom stereocenters. The van der Waals surface area contributed by atoms with Gasteiger partial charge in [0.15, 0.2) is 0 Å². The van der Waals surface area contributed by atoms with E-state index >= 15 is 0 Å². The summed E-state index contributed by atoms with van der Waals surface area (Å²) in [6, 6.07) is 7.43. The highest BCUT2D eigenvalue weighted by Crippen LogP contribution is 2.20. The molecule has 0 aliphatic carbocycles. The Morgan fingerprint density at radius 1 is 1.15 bits per heavy atom. The fraction of sp³-hybridized carbons (Fsp3) is 0.308. The zero-order valence-electron chi connectivity index (χ0n) is 21.5. The number of rotatable bonds is 11. The lowest BCUT2D eigenvalue weighted by Gasteiger charge is -2.28. The van der Waals surface area contributed by atoms with Gasteiger partial charge in [0, 0.05) is 31.7 Å². The molecule has 6 N–H and O–H groups in total. The number of hydrogen-bond donors (Lipinski definition) is 5. The van der Waals surface area contributed by atoms with Crippen LogP contribution in [0.2, 0.25) is 5.02 Å². The van der Waals surface area contributed by atoms with E-state index in [-0.39, 0.29) is 37.0 Å². The first-order chi connectivity index (χ1) is 19.1. The molecule has 0 saturated carbocycles. The van der Waals surface area contributed by atoms with E-state index in [1.165, 1.54) is 48.5 Å². The molecule has 11 nitrogen and oxygen atoms in total. The zero-order chi connectivity index (χ0) is 29.2. The van der Waals surface area contributed by atoms with Crippen molar-refractivity contribution < 1.29 is 33.0 Å². The predicted molar refractivity (Wildman–Crippen MR) is 145 cm³/mol. The maximum atomic E-state index is 13.7. The molecule has 214 valence electrons. The molecule has 1 heterocycles. The molecule has 0 fully saturated rings. The lowest BCUT2D eigenvalue weighted by atomic mass is 10.2. The van der Waals surface area contributed by atoms with Gasteiger partial charge in [-0.1, -0.05) is 23.7 Å². The Labute approximate surface area is 233 Å². The molecule has 0 saturated heterocycles. The molecule has 3 aromatic rings. The largest absolute Gasteiger partial charge is 0.447 e. The molecule has 0 bridgehead atoms. The van der Waals surface area contributed by atoms with E-state index in [0.717, 1.165) is 0 Å². The number of anilines is 1. The number of urea groups is 1. The van der Waals surface area contributed by atoms with Gasteiger partial charge in [-0.25, -0.2) is 23.4 Å². The third-order valence-corrected chi connectivity index (χ3v) is 6.38. The van der Waals surface area contributed by atoms with Crippen LogP contribution < -0.4 is 21.7 Å². The Morgan fingerprint density at radius 2 is 1.93 bits per heavy atom. The SMILES string of the molecule is CN(C(=O)NCc1cccc(F)c1Cl)[C@@H](CCNC(=O)[C@H](N)CO)COC(=O)Nc1cc2cc(F)ccc2cn1. The van der Waals surface area contributed by atoms with Gasteiger partial charge < -0.3 is 31.1 Å². The highest BCUT2D eigenvalue weighted by atomic mass is 35.5. The van der Waals surface area contributed by atoms with Crippen molar-refractivity contribution in [3.05, 3.63) is 70.9 Å². The number of nitrogens with one attached hydrogen (secondary N) is 3. The van der Waals surface area contributed by atoms with Crippen molar-refractivity contribution in [2.75, 3.05) is 32.1 Å². The number of aliphatic hydroxyl groups is 1. The smallest absolute Gasteiger partial charge is 0.412 e. The number of amides is 4. The number of pyridine rings is 1. The predicted octanol–water partition coefficient (Wildman–Crippen LogP) is 2.75. The molecular formula is C26H29ClF2N6O5. The Balaban J connectivity index is 1.62. The monoisotopic (exact) mass is 578 g/mol. The van der Waals surface area contributed by atoms with Crippen LogP contribution in [0.1, 0.15) is 12.0 Å². The molecule has 2 aromatic carbocycles. The van der Waals surface area contributed by atoms with Crippen LogP contribution in [0.4, 0.5) is 24.2 Å². The van der Waals surface area contributed by atoms with E-state index in [1.807, 2.05) is 0 Å². The Kier molecular flexibility index (Phi) is 10.9. The van der Waals surface area contributed by atoms with E-state index < -0.39 is 48.4 Å². The maximum Gasteiger partial charge on any atom is 0.412 e. The number of aliphatic hydroxyl groups excluding tert-OH is 1. The van der Waals surface area contributed by atoms with Gasteiger partial charge in [-0.3, -0.25) is 10.1 Å². The number of ether oxygens (including phenoxy) is 1. The summed E-state index contributed by atoms with van der Waals surface area (Å²) in [7, 11) is 1.45. The van der Waals surface area contributed by atoms with Crippen molar-refractivity contribution in [1.29, 1.82) is 0 Å². The molecule has 1 aromatic heterocycles. The second kappa shape index (κ2) is 14.4. The number of nitrogens with two attached hydrogens (primary N) is 1. The average Bonchev–Trinajstić information content (AvgIpc) is 2.94. The average molecular weight is 579 g/mol. The Bertz CT molecular complexity index is 1360. The van der Waals surface area contributed by atoms with Crippen LogP contribution in [-0.2, 0) is 16.1 Å². The second-order valence-corrected chi connectivity index (χ2v) is 9.17. The zero-order valence-corrected chi connectivity index (χ0v) is 22.3.